The van der Waals surface area contributed by atoms with Crippen LogP contribution in [0.3, 0.4) is 0 Å². The summed E-state index contributed by atoms with van der Waals surface area (Å²) < 4.78 is 6.44. The lowest BCUT2D eigenvalue weighted by atomic mass is 9.88. The summed E-state index contributed by atoms with van der Waals surface area (Å²) in [6.07, 6.45) is 2.72. The predicted molar refractivity (Wildman–Crippen MR) is 128 cm³/mol. The topological polar surface area (TPSA) is 90.3 Å². The Hall–Kier alpha value is -2.65. The molecule has 0 saturated carbocycles. The number of anilines is 1. The standard InChI is InChI=1S/C23H25N3O4S2/c1-12-6-8-16-15(9-12)21(28)26(3)23(24-16)31-11-18(27)25-20-19(22(29)30-4)14-7-5-13(2)10-17(14)32-20/h6,8-9,13H,5,7,10-11H2,1-4H3,(H,25,27). The second-order valence-electron chi connectivity index (χ2n) is 8.16. The van der Waals surface area contributed by atoms with E-state index in [0.29, 0.717) is 32.5 Å². The summed E-state index contributed by atoms with van der Waals surface area (Å²) in [6.45, 7) is 4.12. The molecular weight excluding hydrogens is 446 g/mol. The Bertz CT molecular complexity index is 1280. The monoisotopic (exact) mass is 471 g/mol. The summed E-state index contributed by atoms with van der Waals surface area (Å²) in [6, 6.07) is 5.54. The van der Waals surface area contributed by atoms with Gasteiger partial charge in [0.15, 0.2) is 5.16 Å². The maximum absolute atomic E-state index is 12.7. The fraction of sp³-hybridized carbons (Fsp3) is 0.391. The molecule has 2 aromatic heterocycles. The van der Waals surface area contributed by atoms with Gasteiger partial charge in [-0.05, 0) is 49.8 Å². The van der Waals surface area contributed by atoms with E-state index in [2.05, 4.69) is 17.2 Å². The molecule has 1 aliphatic rings. The molecule has 0 saturated heterocycles. The number of methoxy groups -OCH3 is 1. The number of benzene rings is 1. The molecule has 0 radical (unpaired) electrons. The van der Waals surface area contributed by atoms with E-state index >= 15 is 0 Å². The summed E-state index contributed by atoms with van der Waals surface area (Å²) >= 11 is 2.65. The van der Waals surface area contributed by atoms with Gasteiger partial charge >= 0.3 is 5.97 Å². The fourth-order valence-electron chi connectivity index (χ4n) is 3.94. The third-order valence-electron chi connectivity index (χ3n) is 5.68. The van der Waals surface area contributed by atoms with Crippen LogP contribution in [0.5, 0.6) is 0 Å². The Morgan fingerprint density at radius 2 is 2.16 bits per heavy atom. The number of carbonyl (C=O) groups is 2. The van der Waals surface area contributed by atoms with Crippen molar-refractivity contribution in [1.29, 1.82) is 0 Å². The minimum atomic E-state index is -0.422. The summed E-state index contributed by atoms with van der Waals surface area (Å²) in [5.41, 5.74) is 2.93. The number of esters is 1. The highest BCUT2D eigenvalue weighted by Gasteiger charge is 2.29. The molecule has 168 valence electrons. The normalized spacial score (nSPS) is 15.4. The Morgan fingerprint density at radius 1 is 1.38 bits per heavy atom. The average Bonchev–Trinajstić information content (AvgIpc) is 3.11. The molecule has 1 amide bonds. The van der Waals surface area contributed by atoms with Crippen LogP contribution in [-0.2, 0) is 29.4 Å². The zero-order valence-corrected chi connectivity index (χ0v) is 20.1. The van der Waals surface area contributed by atoms with Crippen LogP contribution in [0.4, 0.5) is 5.00 Å². The number of thiophene rings is 1. The van der Waals surface area contributed by atoms with Gasteiger partial charge in [-0.15, -0.1) is 11.3 Å². The molecule has 3 aromatic rings. The van der Waals surface area contributed by atoms with E-state index in [1.807, 2.05) is 25.1 Å². The van der Waals surface area contributed by atoms with Gasteiger partial charge in [0.05, 0.1) is 29.3 Å². The molecule has 9 heteroatoms. The molecule has 0 bridgehead atoms. The maximum atomic E-state index is 12.7. The third kappa shape index (κ3) is 4.31. The van der Waals surface area contributed by atoms with Crippen molar-refractivity contribution in [3.63, 3.8) is 0 Å². The van der Waals surface area contributed by atoms with E-state index < -0.39 is 5.97 Å². The maximum Gasteiger partial charge on any atom is 0.341 e. The Labute approximate surface area is 194 Å². The van der Waals surface area contributed by atoms with Crippen LogP contribution < -0.4 is 10.9 Å². The first-order valence-corrected chi connectivity index (χ1v) is 12.2. The van der Waals surface area contributed by atoms with E-state index in [1.165, 1.54) is 34.8 Å². The number of carbonyl (C=O) groups excluding carboxylic acids is 2. The van der Waals surface area contributed by atoms with Crippen molar-refractivity contribution in [2.24, 2.45) is 13.0 Å². The number of thioether (sulfide) groups is 1. The summed E-state index contributed by atoms with van der Waals surface area (Å²) in [4.78, 5) is 43.5. The van der Waals surface area contributed by atoms with Crippen molar-refractivity contribution in [2.75, 3.05) is 18.2 Å². The first kappa shape index (κ1) is 22.5. The number of ether oxygens (including phenoxy) is 1. The predicted octanol–water partition coefficient (Wildman–Crippen LogP) is 3.95. The van der Waals surface area contributed by atoms with Crippen LogP contribution in [-0.4, -0.2) is 34.3 Å². The van der Waals surface area contributed by atoms with Gasteiger partial charge in [-0.3, -0.25) is 14.2 Å². The Morgan fingerprint density at radius 3 is 2.91 bits per heavy atom. The highest BCUT2D eigenvalue weighted by atomic mass is 32.2. The first-order valence-electron chi connectivity index (χ1n) is 10.4. The van der Waals surface area contributed by atoms with Crippen LogP contribution in [0.2, 0.25) is 0 Å². The Balaban J connectivity index is 1.54. The number of amides is 1. The van der Waals surface area contributed by atoms with Crippen molar-refractivity contribution < 1.29 is 14.3 Å². The fourth-order valence-corrected chi connectivity index (χ4v) is 6.13. The molecule has 1 N–H and O–H groups in total. The molecule has 0 aliphatic heterocycles. The molecule has 32 heavy (non-hydrogen) atoms. The Kier molecular flexibility index (Phi) is 6.39. The third-order valence-corrected chi connectivity index (χ3v) is 7.88. The van der Waals surface area contributed by atoms with E-state index in [-0.39, 0.29) is 17.2 Å². The molecule has 7 nitrogen and oxygen atoms in total. The van der Waals surface area contributed by atoms with Crippen molar-refractivity contribution in [2.45, 2.75) is 38.3 Å². The number of fused-ring (bicyclic) bond motifs is 2. The van der Waals surface area contributed by atoms with Crippen molar-refractivity contribution >= 4 is 50.9 Å². The van der Waals surface area contributed by atoms with E-state index in [9.17, 15) is 14.4 Å². The molecule has 1 aromatic carbocycles. The zero-order chi connectivity index (χ0) is 23.0. The SMILES string of the molecule is COC(=O)c1c(NC(=O)CSc2nc3ccc(C)cc3c(=O)n2C)sc2c1CCC(C)C2. The average molecular weight is 472 g/mol. The number of hydrogen-bond acceptors (Lipinski definition) is 7. The second kappa shape index (κ2) is 9.07. The van der Waals surface area contributed by atoms with Crippen molar-refractivity contribution in [1.82, 2.24) is 9.55 Å². The molecule has 0 fully saturated rings. The molecule has 1 unspecified atom stereocenters. The summed E-state index contributed by atoms with van der Waals surface area (Å²) in [5, 5.41) is 4.45. The van der Waals surface area contributed by atoms with Gasteiger partial charge < -0.3 is 10.1 Å². The van der Waals surface area contributed by atoms with E-state index in [4.69, 9.17) is 4.74 Å². The van der Waals surface area contributed by atoms with Gasteiger partial charge in [0.2, 0.25) is 5.91 Å². The minimum absolute atomic E-state index is 0.0667. The second-order valence-corrected chi connectivity index (χ2v) is 10.2. The van der Waals surface area contributed by atoms with Crippen LogP contribution >= 0.6 is 23.1 Å². The number of nitrogens with one attached hydrogen (secondary N) is 1. The quantitative estimate of drug-likeness (QED) is 0.344. The van der Waals surface area contributed by atoms with Crippen LogP contribution in [0.25, 0.3) is 10.9 Å². The smallest absolute Gasteiger partial charge is 0.341 e. The number of aryl methyl sites for hydroxylation is 1. The highest BCUT2D eigenvalue weighted by Crippen LogP contribution is 2.40. The number of hydrogen-bond donors (Lipinski definition) is 1. The van der Waals surface area contributed by atoms with Crippen molar-refractivity contribution in [3.8, 4) is 0 Å². The number of aromatic nitrogens is 2. The molecule has 2 heterocycles. The first-order chi connectivity index (χ1) is 15.3. The lowest BCUT2D eigenvalue weighted by Gasteiger charge is -2.18. The van der Waals surface area contributed by atoms with Gasteiger partial charge in [0.25, 0.3) is 5.56 Å². The van der Waals surface area contributed by atoms with E-state index in [1.54, 1.807) is 7.05 Å². The zero-order valence-electron chi connectivity index (χ0n) is 18.5. The number of rotatable bonds is 5. The molecular formula is C23H25N3O4S2. The number of nitrogens with zero attached hydrogens (tertiary/aromatic N) is 2. The van der Waals surface area contributed by atoms with E-state index in [0.717, 1.165) is 35.3 Å². The van der Waals surface area contributed by atoms with Crippen LogP contribution in [0.15, 0.2) is 28.2 Å². The lowest BCUT2D eigenvalue weighted by Crippen LogP contribution is -2.21. The van der Waals surface area contributed by atoms with Gasteiger partial charge in [-0.2, -0.15) is 0 Å². The minimum Gasteiger partial charge on any atom is -0.465 e. The largest absolute Gasteiger partial charge is 0.465 e. The lowest BCUT2D eigenvalue weighted by molar-refractivity contribution is -0.113. The van der Waals surface area contributed by atoms with Gasteiger partial charge in [0.1, 0.15) is 5.00 Å². The summed E-state index contributed by atoms with van der Waals surface area (Å²) in [5.74, 6) is -0.0641. The van der Waals surface area contributed by atoms with Gasteiger partial charge in [-0.25, -0.2) is 9.78 Å². The van der Waals surface area contributed by atoms with Crippen LogP contribution in [0, 0.1) is 12.8 Å². The van der Waals surface area contributed by atoms with Gasteiger partial charge in [0, 0.05) is 11.9 Å². The molecule has 1 atom stereocenters. The molecule has 1 aliphatic carbocycles. The van der Waals surface area contributed by atoms with Crippen LogP contribution in [0.1, 0.15) is 39.7 Å². The van der Waals surface area contributed by atoms with Crippen molar-refractivity contribution in [3.05, 3.63) is 50.1 Å². The molecule has 0 spiro atoms. The summed E-state index contributed by atoms with van der Waals surface area (Å²) in [7, 11) is 3.01. The highest BCUT2D eigenvalue weighted by molar-refractivity contribution is 7.99. The van der Waals surface area contributed by atoms with Gasteiger partial charge in [-0.1, -0.05) is 30.3 Å². The molecule has 4 rings (SSSR count).